The zero-order valence-electron chi connectivity index (χ0n) is 59.2. The van der Waals surface area contributed by atoms with Crippen LogP contribution in [0, 0.1) is 17.8 Å². The molecule has 0 aromatic heterocycles. The molecule has 0 bridgehead atoms. The molecule has 8 aromatic carbocycles. The molecule has 0 aliphatic carbocycles. The zero-order chi connectivity index (χ0) is 70.8. The maximum atomic E-state index is 11.6. The number of aliphatic hydroxyl groups is 3. The fraction of sp³-hybridized carbons (Fsp3) is 0.435. The third-order valence-corrected chi connectivity index (χ3v) is 19.4. The number of rotatable bonds is 32. The van der Waals surface area contributed by atoms with Crippen molar-refractivity contribution in [1.29, 1.82) is 0 Å². The minimum absolute atomic E-state index is 0.0175. The van der Waals surface area contributed by atoms with Crippen LogP contribution in [0.3, 0.4) is 0 Å². The summed E-state index contributed by atoms with van der Waals surface area (Å²) in [4.78, 5) is 0. The Balaban J connectivity index is 0.000000205. The van der Waals surface area contributed by atoms with Crippen molar-refractivity contribution in [1.82, 2.24) is 0 Å². The average molecular weight is 1400 g/mol. The molecule has 544 valence electrons. The van der Waals surface area contributed by atoms with Crippen molar-refractivity contribution in [3.8, 4) is 0 Å². The van der Waals surface area contributed by atoms with Crippen LogP contribution in [0.25, 0.3) is 0 Å². The predicted octanol–water partition coefficient (Wildman–Crippen LogP) is 13.7. The molecule has 0 spiro atoms. The highest BCUT2D eigenvalue weighted by molar-refractivity contribution is 5.20. The van der Waals surface area contributed by atoms with Crippen LogP contribution in [-0.2, 0) is 119 Å². The first kappa shape index (κ1) is 76.2. The molecule has 17 nitrogen and oxygen atoms in total. The molecule has 102 heavy (non-hydrogen) atoms. The van der Waals surface area contributed by atoms with Gasteiger partial charge in [-0.1, -0.05) is 277 Å². The number of aliphatic hydroxyl groups excluding tert-OH is 3. The van der Waals surface area contributed by atoms with Gasteiger partial charge in [-0.2, -0.15) is 0 Å². The van der Waals surface area contributed by atoms with Crippen molar-refractivity contribution in [2.75, 3.05) is 13.2 Å². The van der Waals surface area contributed by atoms with E-state index in [1.165, 1.54) is 0 Å². The van der Waals surface area contributed by atoms with Crippen LogP contribution >= 0.6 is 0 Å². The molecule has 0 radical (unpaired) electrons. The first-order valence-electron chi connectivity index (χ1n) is 36.1. The first-order valence-corrected chi connectivity index (χ1v) is 36.1. The van der Waals surface area contributed by atoms with E-state index in [4.69, 9.17) is 66.3 Å². The Labute approximate surface area is 601 Å². The Hall–Kier alpha value is -6.92. The molecule has 0 saturated carbocycles. The van der Waals surface area contributed by atoms with Gasteiger partial charge in [0, 0.05) is 17.8 Å². The Morgan fingerprint density at radius 3 is 0.804 bits per heavy atom. The van der Waals surface area contributed by atoms with E-state index in [0.29, 0.717) is 59.1 Å². The Morgan fingerprint density at radius 1 is 0.255 bits per heavy atom. The van der Waals surface area contributed by atoms with Crippen LogP contribution in [0.2, 0.25) is 0 Å². The molecule has 17 heteroatoms. The number of hydrogen-bond acceptors (Lipinski definition) is 17. The lowest BCUT2D eigenvalue weighted by atomic mass is 9.85. The molecule has 4 aliphatic rings. The average Bonchev–Trinajstić information content (AvgIpc) is 0.786. The molecule has 8 aromatic rings. The van der Waals surface area contributed by atoms with Crippen molar-refractivity contribution in [2.24, 2.45) is 17.8 Å². The highest BCUT2D eigenvalue weighted by Gasteiger charge is 2.53. The minimum atomic E-state index is -0.982. The molecule has 20 atom stereocenters. The molecule has 3 N–H and O–H groups in total. The van der Waals surface area contributed by atoms with Crippen LogP contribution < -0.4 is 0 Å². The topological polar surface area (TPSA) is 190 Å². The summed E-state index contributed by atoms with van der Waals surface area (Å²) >= 11 is 0. The maximum absolute atomic E-state index is 11.6. The van der Waals surface area contributed by atoms with E-state index in [2.05, 4.69) is 38.1 Å². The van der Waals surface area contributed by atoms with E-state index in [1.54, 1.807) is 0 Å². The molecular weight excluding hydrogens is 1290 g/mol. The summed E-state index contributed by atoms with van der Waals surface area (Å²) in [5, 5.41) is 34.7. The highest BCUT2D eigenvalue weighted by atomic mass is 16.8. The largest absolute Gasteiger partial charge is 0.388 e. The first-order chi connectivity index (χ1) is 50.0. The van der Waals surface area contributed by atoms with Crippen molar-refractivity contribution < 1.29 is 81.6 Å². The second kappa shape index (κ2) is 39.8. The zero-order valence-corrected chi connectivity index (χ0v) is 59.2. The molecule has 0 amide bonds. The second-order valence-corrected chi connectivity index (χ2v) is 26.9. The summed E-state index contributed by atoms with van der Waals surface area (Å²) < 4.78 is 91.1. The quantitative estimate of drug-likeness (QED) is 0.0361. The van der Waals surface area contributed by atoms with Gasteiger partial charge in [0.25, 0.3) is 0 Å². The van der Waals surface area contributed by atoms with Gasteiger partial charge in [0.15, 0.2) is 25.2 Å². The van der Waals surface area contributed by atoms with Gasteiger partial charge in [-0.15, -0.1) is 0 Å². The van der Waals surface area contributed by atoms with Gasteiger partial charge in [0.1, 0.15) is 48.8 Å². The van der Waals surface area contributed by atoms with E-state index in [-0.39, 0.29) is 43.9 Å². The van der Waals surface area contributed by atoms with Crippen LogP contribution in [0.4, 0.5) is 0 Å². The van der Waals surface area contributed by atoms with Crippen LogP contribution in [0.5, 0.6) is 0 Å². The van der Waals surface area contributed by atoms with Gasteiger partial charge >= 0.3 is 0 Å². The molecule has 4 heterocycles. The van der Waals surface area contributed by atoms with Gasteiger partial charge in [0.2, 0.25) is 0 Å². The lowest BCUT2D eigenvalue weighted by molar-refractivity contribution is -0.378. The van der Waals surface area contributed by atoms with E-state index in [1.807, 2.05) is 239 Å². The van der Waals surface area contributed by atoms with Gasteiger partial charge in [0.05, 0.1) is 96.6 Å². The summed E-state index contributed by atoms with van der Waals surface area (Å²) in [5.74, 6) is -0.560. The van der Waals surface area contributed by atoms with Crippen molar-refractivity contribution >= 4 is 0 Å². The van der Waals surface area contributed by atoms with Crippen LogP contribution in [0.15, 0.2) is 243 Å². The third kappa shape index (κ3) is 21.6. The molecule has 4 fully saturated rings. The van der Waals surface area contributed by atoms with Gasteiger partial charge in [-0.05, 0) is 57.3 Å². The molecule has 4 aliphatic heterocycles. The fourth-order valence-electron chi connectivity index (χ4n) is 13.5. The summed E-state index contributed by atoms with van der Waals surface area (Å²) in [6, 6.07) is 79.5. The molecule has 12 rings (SSSR count). The normalized spacial score (nSPS) is 29.5. The van der Waals surface area contributed by atoms with Crippen LogP contribution in [-0.4, -0.2) is 133 Å². The van der Waals surface area contributed by atoms with Crippen LogP contribution in [0.1, 0.15) is 92.0 Å². The number of hydrogen-bond donors (Lipinski definition) is 3. The third-order valence-electron chi connectivity index (χ3n) is 19.4. The monoisotopic (exact) mass is 1390 g/mol. The SMILES string of the molecule is CCC1O[C@H](O[C@H]2O[C@H](COCc3ccccc3)[C@@H](C)C(OCc3ccccc3)C2C)C(OCc2ccccc2)[C@@H](OCc2ccccc2)[C@@H]1O.CCC1O[C@H](O[C@H]2O[C@H](COCc3ccccc3)[C@@H](O)C(OCc3ccccc3)C2C)C(OCc2ccccc2)[C@@H](OCc2ccccc2)[C@@H]1O. The summed E-state index contributed by atoms with van der Waals surface area (Å²) in [5.41, 5.74) is 8.12. The summed E-state index contributed by atoms with van der Waals surface area (Å²) in [6.07, 6.45) is -11.3. The molecule has 8 unspecified atom stereocenters. The Bertz CT molecular complexity index is 3320. The second-order valence-electron chi connectivity index (χ2n) is 26.9. The minimum Gasteiger partial charge on any atom is -0.388 e. The Morgan fingerprint density at radius 2 is 0.490 bits per heavy atom. The lowest BCUT2D eigenvalue weighted by Crippen LogP contribution is -2.62. The van der Waals surface area contributed by atoms with E-state index in [9.17, 15) is 15.3 Å². The standard InChI is InChI=1S/C43H52O8.C42H50O9/c1-4-36-38(44)40(47-27-34-21-13-7-14-22-34)41(48-28-35-23-15-8-16-24-35)43(49-36)51-42-31(3)39(46-26-33-19-11-6-12-20-33)30(2)37(50-42)29-45-25-32-17-9-5-10-18-32;1-3-34-36(43)39(47-26-32-20-12-6-13-21-32)40(48-27-33-22-14-7-15-23-33)42(49-34)51-41-29(2)38(46-25-31-18-10-5-11-19-31)37(44)35(50-41)28-45-24-30-16-8-4-9-17-30/h5-24,30-31,36-44H,4,25-29H2,1-3H3;4-23,29,34-44H,3,24-28H2,1-2H3/t30-,31?,36?,37-,38-,39?,40+,41?,42-,43-;29?,34?,35-,36-,37-,38?,39+,40?,41-,42-/m11/s1. The van der Waals surface area contributed by atoms with E-state index < -0.39 is 98.2 Å². The summed E-state index contributed by atoms with van der Waals surface area (Å²) in [6.45, 7) is 13.3. The number of ether oxygens (including phenoxy) is 14. The fourth-order valence-corrected chi connectivity index (χ4v) is 13.5. The molecular formula is C85H102O17. The van der Waals surface area contributed by atoms with Crippen molar-refractivity contribution in [2.45, 2.75) is 205 Å². The number of benzene rings is 8. The maximum Gasteiger partial charge on any atom is 0.189 e. The lowest BCUT2D eigenvalue weighted by Gasteiger charge is -2.48. The van der Waals surface area contributed by atoms with E-state index in [0.717, 1.165) is 44.5 Å². The van der Waals surface area contributed by atoms with Gasteiger partial charge < -0.3 is 81.6 Å². The van der Waals surface area contributed by atoms with Gasteiger partial charge in [-0.3, -0.25) is 0 Å². The highest BCUT2D eigenvalue weighted by Crippen LogP contribution is 2.40. The van der Waals surface area contributed by atoms with Gasteiger partial charge in [-0.25, -0.2) is 0 Å². The van der Waals surface area contributed by atoms with E-state index >= 15 is 0 Å². The predicted molar refractivity (Wildman–Crippen MR) is 385 cm³/mol. The van der Waals surface area contributed by atoms with Crippen molar-refractivity contribution in [3.63, 3.8) is 0 Å². The molecule has 4 saturated heterocycles. The summed E-state index contributed by atoms with van der Waals surface area (Å²) in [7, 11) is 0. The van der Waals surface area contributed by atoms with Crippen molar-refractivity contribution in [3.05, 3.63) is 287 Å². The smallest absolute Gasteiger partial charge is 0.189 e. The Kier molecular flexibility index (Phi) is 29.8.